The van der Waals surface area contributed by atoms with Crippen LogP contribution in [0.2, 0.25) is 0 Å². The summed E-state index contributed by atoms with van der Waals surface area (Å²) in [6.45, 7) is 0. The van der Waals surface area contributed by atoms with Gasteiger partial charge in [-0.1, -0.05) is 152 Å². The molecule has 13 rings (SSSR count). The highest BCUT2D eigenvalue weighted by Crippen LogP contribution is 2.45. The fourth-order valence-electron chi connectivity index (χ4n) is 9.83. The Kier molecular flexibility index (Phi) is 7.50. The Balaban J connectivity index is 1.09. The lowest BCUT2D eigenvalue weighted by Crippen LogP contribution is -2.03. The van der Waals surface area contributed by atoms with Crippen molar-refractivity contribution < 1.29 is 4.42 Å². The third-order valence-corrected chi connectivity index (χ3v) is 12.4. The van der Waals surface area contributed by atoms with Crippen LogP contribution in [0.5, 0.6) is 0 Å². The molecule has 0 bridgehead atoms. The molecule has 6 nitrogen and oxygen atoms in total. The summed E-state index contributed by atoms with van der Waals surface area (Å²) in [7, 11) is 0. The Morgan fingerprint density at radius 2 is 0.887 bits per heavy atom. The number of fused-ring (bicyclic) bond motifs is 10. The standard InChI is InChI=1S/C56H35N5O/c1-3-18-36(19-4-1)55-57-58-56(59(55)37-20-5-2-6-21-37)44-28-17-27-41-40-24-9-14-31-47(40)61(54(41)44)46-30-13-8-23-39(46)38-22-7-12-29-45(38)60-48-32-15-10-25-42(48)52-49(60)34-35-51-53(52)43-26-11-16-33-50(43)62-51/h1-35H. The maximum absolute atomic E-state index is 6.42. The van der Waals surface area contributed by atoms with Gasteiger partial charge >= 0.3 is 0 Å². The number of para-hydroxylation sites is 7. The van der Waals surface area contributed by atoms with Crippen LogP contribution in [0.1, 0.15) is 0 Å². The lowest BCUT2D eigenvalue weighted by atomic mass is 10.0. The molecule has 0 amide bonds. The van der Waals surface area contributed by atoms with Gasteiger partial charge in [0.2, 0.25) is 0 Å². The van der Waals surface area contributed by atoms with Crippen molar-refractivity contribution >= 4 is 65.6 Å². The van der Waals surface area contributed by atoms with Crippen LogP contribution in [0.15, 0.2) is 217 Å². The number of aromatic nitrogens is 5. The Bertz CT molecular complexity index is 3870. The van der Waals surface area contributed by atoms with E-state index in [0.717, 1.165) is 100 Å². The monoisotopic (exact) mass is 793 g/mol. The van der Waals surface area contributed by atoms with E-state index in [9.17, 15) is 0 Å². The Morgan fingerprint density at radius 3 is 1.66 bits per heavy atom. The van der Waals surface area contributed by atoms with Crippen molar-refractivity contribution in [3.8, 4) is 51.0 Å². The Labute approximate surface area is 355 Å². The van der Waals surface area contributed by atoms with Crippen LogP contribution in [0.3, 0.4) is 0 Å². The van der Waals surface area contributed by atoms with Gasteiger partial charge in [0.05, 0.1) is 33.4 Å². The van der Waals surface area contributed by atoms with E-state index in [2.05, 4.69) is 196 Å². The summed E-state index contributed by atoms with van der Waals surface area (Å²) in [4.78, 5) is 0. The molecule has 6 heteroatoms. The summed E-state index contributed by atoms with van der Waals surface area (Å²) in [5.41, 5.74) is 13.6. The van der Waals surface area contributed by atoms with Crippen molar-refractivity contribution in [3.63, 3.8) is 0 Å². The highest BCUT2D eigenvalue weighted by atomic mass is 16.3. The molecule has 0 fully saturated rings. The molecule has 0 atom stereocenters. The van der Waals surface area contributed by atoms with Crippen LogP contribution in [-0.2, 0) is 0 Å². The van der Waals surface area contributed by atoms with Crippen molar-refractivity contribution in [2.24, 2.45) is 0 Å². The molecule has 0 saturated carbocycles. The molecule has 0 aliphatic rings. The average Bonchev–Trinajstić information content (AvgIpc) is 4.12. The zero-order valence-corrected chi connectivity index (χ0v) is 33.4. The molecule has 0 spiro atoms. The van der Waals surface area contributed by atoms with Gasteiger partial charge in [0.25, 0.3) is 0 Å². The highest BCUT2D eigenvalue weighted by Gasteiger charge is 2.25. The van der Waals surface area contributed by atoms with E-state index in [0.29, 0.717) is 0 Å². The summed E-state index contributed by atoms with van der Waals surface area (Å²) in [5.74, 6) is 1.55. The van der Waals surface area contributed by atoms with E-state index in [1.54, 1.807) is 0 Å². The zero-order chi connectivity index (χ0) is 40.7. The Hall–Kier alpha value is -8.48. The van der Waals surface area contributed by atoms with Gasteiger partial charge in [0, 0.05) is 60.3 Å². The third kappa shape index (κ3) is 4.98. The van der Waals surface area contributed by atoms with Crippen LogP contribution in [-0.4, -0.2) is 23.9 Å². The van der Waals surface area contributed by atoms with Crippen molar-refractivity contribution in [1.82, 2.24) is 23.9 Å². The third-order valence-electron chi connectivity index (χ3n) is 12.4. The summed E-state index contributed by atoms with van der Waals surface area (Å²) >= 11 is 0. The van der Waals surface area contributed by atoms with Gasteiger partial charge in [-0.2, -0.15) is 0 Å². The number of nitrogens with zero attached hydrogens (tertiary/aromatic N) is 5. The van der Waals surface area contributed by atoms with E-state index >= 15 is 0 Å². The number of rotatable bonds is 6. The van der Waals surface area contributed by atoms with Crippen molar-refractivity contribution in [2.75, 3.05) is 0 Å². The van der Waals surface area contributed by atoms with Crippen LogP contribution in [0.4, 0.5) is 0 Å². The SMILES string of the molecule is c1ccc(-c2nnc(-c3cccc4c5ccccc5n(-c5ccccc5-c5ccccc5-n5c6ccccc6c6c7c(ccc65)oc5ccccc57)c34)n2-c2ccccc2)cc1. The quantitative estimate of drug-likeness (QED) is 0.168. The van der Waals surface area contributed by atoms with Gasteiger partial charge in [-0.3, -0.25) is 4.57 Å². The maximum atomic E-state index is 6.42. The first-order chi connectivity index (χ1) is 30.8. The van der Waals surface area contributed by atoms with Gasteiger partial charge in [0.1, 0.15) is 11.2 Å². The number of hydrogen-bond acceptors (Lipinski definition) is 3. The summed E-state index contributed by atoms with van der Waals surface area (Å²) in [5, 5.41) is 16.8. The van der Waals surface area contributed by atoms with Crippen molar-refractivity contribution in [3.05, 3.63) is 212 Å². The van der Waals surface area contributed by atoms with Crippen LogP contribution >= 0.6 is 0 Å². The second-order valence-corrected chi connectivity index (χ2v) is 15.8. The molecule has 0 unspecified atom stereocenters. The second-order valence-electron chi connectivity index (χ2n) is 15.8. The molecule has 0 radical (unpaired) electrons. The minimum absolute atomic E-state index is 0.769. The molecule has 0 N–H and O–H groups in total. The van der Waals surface area contributed by atoms with E-state index in [4.69, 9.17) is 14.6 Å². The fourth-order valence-corrected chi connectivity index (χ4v) is 9.83. The summed E-state index contributed by atoms with van der Waals surface area (Å²) < 4.78 is 13.5. The molecule has 4 aromatic heterocycles. The van der Waals surface area contributed by atoms with Crippen LogP contribution in [0.25, 0.3) is 117 Å². The molecule has 9 aromatic carbocycles. The number of hydrogen-bond donors (Lipinski definition) is 0. The predicted molar refractivity (Wildman–Crippen MR) is 254 cm³/mol. The van der Waals surface area contributed by atoms with E-state index in [1.807, 2.05) is 30.3 Å². The van der Waals surface area contributed by atoms with E-state index < -0.39 is 0 Å². The normalized spacial score (nSPS) is 11.9. The minimum atomic E-state index is 0.769. The summed E-state index contributed by atoms with van der Waals surface area (Å²) in [6, 6.07) is 75.0. The van der Waals surface area contributed by atoms with Crippen molar-refractivity contribution in [2.45, 2.75) is 0 Å². The molecular weight excluding hydrogens is 759 g/mol. The fraction of sp³-hybridized carbons (Fsp3) is 0. The molecule has 290 valence electrons. The first-order valence-electron chi connectivity index (χ1n) is 20.9. The van der Waals surface area contributed by atoms with Gasteiger partial charge < -0.3 is 13.6 Å². The lowest BCUT2D eigenvalue weighted by molar-refractivity contribution is 0.669. The van der Waals surface area contributed by atoms with Crippen LogP contribution in [0, 0.1) is 0 Å². The Morgan fingerprint density at radius 1 is 0.323 bits per heavy atom. The highest BCUT2D eigenvalue weighted by molar-refractivity contribution is 6.27. The van der Waals surface area contributed by atoms with Gasteiger partial charge in [-0.15, -0.1) is 10.2 Å². The number of furan rings is 1. The molecule has 0 aliphatic heterocycles. The lowest BCUT2D eigenvalue weighted by Gasteiger charge is -2.19. The van der Waals surface area contributed by atoms with E-state index in [1.165, 1.54) is 16.2 Å². The first kappa shape index (κ1) is 34.4. The van der Waals surface area contributed by atoms with Gasteiger partial charge in [0.15, 0.2) is 11.6 Å². The second kappa shape index (κ2) is 13.5. The predicted octanol–water partition coefficient (Wildman–Crippen LogP) is 14.4. The molecule has 0 aliphatic carbocycles. The maximum Gasteiger partial charge on any atom is 0.171 e. The molecule has 4 heterocycles. The molecule has 62 heavy (non-hydrogen) atoms. The molecular formula is C56H35N5O. The van der Waals surface area contributed by atoms with Gasteiger partial charge in [-0.25, -0.2) is 0 Å². The van der Waals surface area contributed by atoms with Gasteiger partial charge in [-0.05, 0) is 60.7 Å². The topological polar surface area (TPSA) is 53.7 Å². The largest absolute Gasteiger partial charge is 0.456 e. The minimum Gasteiger partial charge on any atom is -0.456 e. The van der Waals surface area contributed by atoms with Crippen molar-refractivity contribution in [1.29, 1.82) is 0 Å². The molecule has 0 saturated heterocycles. The van der Waals surface area contributed by atoms with Crippen LogP contribution < -0.4 is 0 Å². The average molecular weight is 794 g/mol. The zero-order valence-electron chi connectivity index (χ0n) is 33.4. The summed E-state index contributed by atoms with van der Waals surface area (Å²) in [6.07, 6.45) is 0. The molecule has 13 aromatic rings. The smallest absolute Gasteiger partial charge is 0.171 e. The van der Waals surface area contributed by atoms with E-state index in [-0.39, 0.29) is 0 Å². The number of benzene rings is 9. The first-order valence-corrected chi connectivity index (χ1v) is 20.9.